The van der Waals surface area contributed by atoms with E-state index in [1.807, 2.05) is 11.8 Å². The molecule has 1 aromatic heterocycles. The fourth-order valence-electron chi connectivity index (χ4n) is 6.16. The summed E-state index contributed by atoms with van der Waals surface area (Å²) in [4.78, 5) is 2.86. The highest BCUT2D eigenvalue weighted by Gasteiger charge is 2.33. The molecule has 0 aliphatic carbocycles. The first-order valence-electron chi connectivity index (χ1n) is 12.7. The second-order valence-corrected chi connectivity index (χ2v) is 17.7. The van der Waals surface area contributed by atoms with Gasteiger partial charge in [-0.25, -0.2) is 4.57 Å². The lowest BCUT2D eigenvalue weighted by molar-refractivity contribution is -0.659. The zero-order valence-electron chi connectivity index (χ0n) is 22.1. The van der Waals surface area contributed by atoms with E-state index in [4.69, 9.17) is 0 Å². The van der Waals surface area contributed by atoms with Gasteiger partial charge in [0.15, 0.2) is 6.20 Å². The maximum atomic E-state index is 2.52. The molecule has 0 fully saturated rings. The molecule has 0 unspecified atom stereocenters. The Hall–Kier alpha value is -2.62. The zero-order valence-corrected chi connectivity index (χ0v) is 23.9. The number of aromatic nitrogens is 1. The lowest BCUT2D eigenvalue weighted by Gasteiger charge is -2.27. The van der Waals surface area contributed by atoms with Crippen molar-refractivity contribution >= 4 is 57.3 Å². The van der Waals surface area contributed by atoms with Crippen molar-refractivity contribution in [2.75, 3.05) is 0 Å². The number of fused-ring (bicyclic) bond motifs is 5. The minimum absolute atomic E-state index is 0.450. The highest BCUT2D eigenvalue weighted by atomic mass is 32.2. The average Bonchev–Trinajstić information content (AvgIpc) is 2.79. The smallest absolute Gasteiger partial charge is 0.200 e. The van der Waals surface area contributed by atoms with E-state index in [1.165, 1.54) is 70.1 Å². The van der Waals surface area contributed by atoms with Crippen LogP contribution in [0.25, 0.3) is 43.6 Å². The van der Waals surface area contributed by atoms with Crippen LogP contribution in [0.5, 0.6) is 0 Å². The molecule has 1 aliphatic heterocycles. The van der Waals surface area contributed by atoms with Crippen molar-refractivity contribution in [3.63, 3.8) is 0 Å². The van der Waals surface area contributed by atoms with Gasteiger partial charge in [0.25, 0.3) is 0 Å². The van der Waals surface area contributed by atoms with Crippen LogP contribution in [0.1, 0.15) is 36.5 Å². The summed E-state index contributed by atoms with van der Waals surface area (Å²) in [5.74, 6) is 0.450. The van der Waals surface area contributed by atoms with Gasteiger partial charge in [-0.05, 0) is 58.5 Å². The number of pyridine rings is 1. The number of benzene rings is 4. The van der Waals surface area contributed by atoms with Crippen molar-refractivity contribution in [2.24, 2.45) is 7.05 Å². The molecule has 2 heterocycles. The molecule has 4 aromatic carbocycles. The Morgan fingerprint density at radius 3 is 2.31 bits per heavy atom. The first kappa shape index (κ1) is 22.8. The summed E-state index contributed by atoms with van der Waals surface area (Å²) in [6.45, 7) is 16.6. The molecule has 0 spiro atoms. The van der Waals surface area contributed by atoms with Gasteiger partial charge < -0.3 is 0 Å². The Balaban J connectivity index is 1.84. The molecule has 6 rings (SSSR count). The molecule has 0 N–H and O–H groups in total. The van der Waals surface area contributed by atoms with E-state index in [9.17, 15) is 0 Å². The lowest BCUT2D eigenvalue weighted by atomic mass is 9.86. The third kappa shape index (κ3) is 3.24. The summed E-state index contributed by atoms with van der Waals surface area (Å²) in [6.07, 6.45) is 2.27. The van der Waals surface area contributed by atoms with Gasteiger partial charge in [0.1, 0.15) is 7.05 Å². The van der Waals surface area contributed by atoms with Crippen molar-refractivity contribution in [2.45, 2.75) is 63.0 Å². The summed E-state index contributed by atoms with van der Waals surface area (Å²) in [6, 6.07) is 18.8. The maximum absolute atomic E-state index is 2.52. The third-order valence-electron chi connectivity index (χ3n) is 7.79. The SMILES string of the molecule is Cc1ccc2c(C(C)C)c3c(c(C)c2c1)-c1c2c(cc4c([Si](C)(C)C)cccc4c2cc[n+]1C)S3. The number of nitrogens with zero attached hydrogens (tertiary/aromatic N) is 1. The fraction of sp³-hybridized carbons (Fsp3) is 0.281. The summed E-state index contributed by atoms with van der Waals surface area (Å²) >= 11 is 2.01. The van der Waals surface area contributed by atoms with E-state index in [2.05, 4.69) is 114 Å². The highest BCUT2D eigenvalue weighted by Crippen LogP contribution is 2.53. The molecule has 35 heavy (non-hydrogen) atoms. The van der Waals surface area contributed by atoms with E-state index >= 15 is 0 Å². The van der Waals surface area contributed by atoms with Gasteiger partial charge in [-0.3, -0.25) is 0 Å². The summed E-state index contributed by atoms with van der Waals surface area (Å²) in [7, 11) is 0.725. The fourth-order valence-corrected chi connectivity index (χ4v) is 9.28. The van der Waals surface area contributed by atoms with Gasteiger partial charge in [0, 0.05) is 21.2 Å². The summed E-state index contributed by atoms with van der Waals surface area (Å²) in [5, 5.41) is 10.0. The molecule has 0 bridgehead atoms. The zero-order chi connectivity index (χ0) is 24.8. The Kier molecular flexibility index (Phi) is 5.01. The standard InChI is InChI=1S/C32H34NSSi/c1-18(2)28-22-13-12-19(3)16-24(22)20(4)29-31-30-23(14-15-33(31)5)21-10-9-11-27(35(6,7)8)25(21)17-26(30)34-32(28)29/h9-18H,1-8H3/q+1. The minimum Gasteiger partial charge on any atom is -0.200 e. The van der Waals surface area contributed by atoms with Gasteiger partial charge in [-0.2, -0.15) is 0 Å². The maximum Gasteiger partial charge on any atom is 0.222 e. The lowest BCUT2D eigenvalue weighted by Crippen LogP contribution is -2.38. The number of aryl methyl sites for hydroxylation is 3. The molecule has 0 atom stereocenters. The molecule has 1 nitrogen and oxygen atoms in total. The molecule has 176 valence electrons. The second kappa shape index (κ2) is 7.69. The van der Waals surface area contributed by atoms with Crippen LogP contribution in [0, 0.1) is 13.8 Å². The molecule has 0 amide bonds. The third-order valence-corrected chi connectivity index (χ3v) is 11.0. The predicted octanol–water partition coefficient (Wildman–Crippen LogP) is 8.39. The van der Waals surface area contributed by atoms with E-state index in [0.29, 0.717) is 5.92 Å². The topological polar surface area (TPSA) is 3.88 Å². The van der Waals surface area contributed by atoms with Crippen molar-refractivity contribution in [3.8, 4) is 11.3 Å². The van der Waals surface area contributed by atoms with Gasteiger partial charge >= 0.3 is 0 Å². The molecular formula is C32H34NSSi+. The van der Waals surface area contributed by atoms with Crippen LogP contribution in [0.15, 0.2) is 64.5 Å². The van der Waals surface area contributed by atoms with E-state index in [0.717, 1.165) is 0 Å². The molecule has 0 radical (unpaired) electrons. The normalized spacial score (nSPS) is 13.3. The van der Waals surface area contributed by atoms with Crippen molar-refractivity contribution in [1.29, 1.82) is 0 Å². The molecule has 0 saturated heterocycles. The van der Waals surface area contributed by atoms with Crippen molar-refractivity contribution in [1.82, 2.24) is 0 Å². The van der Waals surface area contributed by atoms with Gasteiger partial charge in [-0.15, -0.1) is 0 Å². The summed E-state index contributed by atoms with van der Waals surface area (Å²) in [5.41, 5.74) is 7.02. The van der Waals surface area contributed by atoms with Crippen LogP contribution in [0.4, 0.5) is 0 Å². The molecule has 5 aromatic rings. The average molecular weight is 493 g/mol. The first-order chi connectivity index (χ1) is 16.6. The van der Waals surface area contributed by atoms with Gasteiger partial charge in [-0.1, -0.05) is 92.4 Å². The Labute approximate surface area is 214 Å². The predicted molar refractivity (Wildman–Crippen MR) is 156 cm³/mol. The number of rotatable bonds is 2. The largest absolute Gasteiger partial charge is 0.222 e. The Morgan fingerprint density at radius 1 is 0.829 bits per heavy atom. The highest BCUT2D eigenvalue weighted by molar-refractivity contribution is 8.00. The molecule has 0 saturated carbocycles. The van der Waals surface area contributed by atoms with Crippen LogP contribution >= 0.6 is 11.8 Å². The Morgan fingerprint density at radius 2 is 1.60 bits per heavy atom. The van der Waals surface area contributed by atoms with Crippen LogP contribution in [-0.2, 0) is 7.05 Å². The quantitative estimate of drug-likeness (QED) is 0.133. The van der Waals surface area contributed by atoms with Crippen LogP contribution in [0.2, 0.25) is 19.6 Å². The monoisotopic (exact) mass is 492 g/mol. The van der Waals surface area contributed by atoms with Crippen LogP contribution < -0.4 is 9.75 Å². The van der Waals surface area contributed by atoms with Gasteiger partial charge in [0.05, 0.1) is 19.0 Å². The molecule has 3 heteroatoms. The van der Waals surface area contributed by atoms with Crippen molar-refractivity contribution < 1.29 is 4.57 Å². The first-order valence-corrected chi connectivity index (χ1v) is 17.0. The van der Waals surface area contributed by atoms with Crippen LogP contribution in [0.3, 0.4) is 0 Å². The minimum atomic E-state index is -1.49. The Bertz CT molecular complexity index is 1710. The number of hydrogen-bond acceptors (Lipinski definition) is 1. The van der Waals surface area contributed by atoms with Crippen LogP contribution in [-0.4, -0.2) is 8.07 Å². The van der Waals surface area contributed by atoms with E-state index in [-0.39, 0.29) is 0 Å². The molecule has 1 aliphatic rings. The van der Waals surface area contributed by atoms with Gasteiger partial charge in [0.2, 0.25) is 5.69 Å². The molecular weight excluding hydrogens is 459 g/mol. The second-order valence-electron chi connectivity index (χ2n) is 11.6. The summed E-state index contributed by atoms with van der Waals surface area (Å²) < 4.78 is 2.36. The number of hydrogen-bond donors (Lipinski definition) is 0. The van der Waals surface area contributed by atoms with E-state index < -0.39 is 8.07 Å². The van der Waals surface area contributed by atoms with E-state index in [1.54, 1.807) is 5.19 Å². The van der Waals surface area contributed by atoms with Crippen molar-refractivity contribution in [3.05, 3.63) is 71.4 Å².